The fourth-order valence-corrected chi connectivity index (χ4v) is 2.36. The van der Waals surface area contributed by atoms with E-state index in [2.05, 4.69) is 15.5 Å². The van der Waals surface area contributed by atoms with Gasteiger partial charge in [0.1, 0.15) is 5.69 Å². The predicted molar refractivity (Wildman–Crippen MR) is 93.7 cm³/mol. The zero-order valence-corrected chi connectivity index (χ0v) is 13.5. The fourth-order valence-electron chi connectivity index (χ4n) is 2.36. The number of hydrogen-bond acceptors (Lipinski definition) is 3. The van der Waals surface area contributed by atoms with Crippen molar-refractivity contribution in [3.63, 3.8) is 0 Å². The van der Waals surface area contributed by atoms with Gasteiger partial charge in [0.05, 0.1) is 12.3 Å². The van der Waals surface area contributed by atoms with Crippen LogP contribution in [0.5, 0.6) is 0 Å². The van der Waals surface area contributed by atoms with Crippen LogP contribution in [0.1, 0.15) is 23.0 Å². The lowest BCUT2D eigenvalue weighted by Gasteiger charge is -2.10. The van der Waals surface area contributed by atoms with Gasteiger partial charge in [0, 0.05) is 23.4 Å². The number of carbonyl (C=O) groups is 1. The standard InChI is InChI=1S/C19H19N3O2/c1-2-24-13-15-10-6-7-11-16(15)20-19(23)18-12-17(21-22-18)14-8-4-3-5-9-14/h3-12H,2,13H2,1H3,(H,20,23)(H,21,22). The molecule has 0 saturated carbocycles. The normalized spacial score (nSPS) is 10.5. The zero-order chi connectivity index (χ0) is 16.8. The maximum absolute atomic E-state index is 12.5. The van der Waals surface area contributed by atoms with Crippen molar-refractivity contribution in [1.29, 1.82) is 0 Å². The number of H-pyrrole nitrogens is 1. The van der Waals surface area contributed by atoms with Crippen LogP contribution < -0.4 is 5.32 Å². The van der Waals surface area contributed by atoms with Gasteiger partial charge in [-0.25, -0.2) is 0 Å². The number of ether oxygens (including phenoxy) is 1. The Morgan fingerprint density at radius 1 is 1.12 bits per heavy atom. The minimum Gasteiger partial charge on any atom is -0.377 e. The topological polar surface area (TPSA) is 67.0 Å². The highest BCUT2D eigenvalue weighted by Crippen LogP contribution is 2.19. The second-order valence-electron chi connectivity index (χ2n) is 5.28. The van der Waals surface area contributed by atoms with Gasteiger partial charge in [-0.2, -0.15) is 5.10 Å². The Hall–Kier alpha value is -2.92. The Kier molecular flexibility index (Phi) is 5.03. The Morgan fingerprint density at radius 2 is 1.88 bits per heavy atom. The number of nitrogens with zero attached hydrogens (tertiary/aromatic N) is 1. The van der Waals surface area contributed by atoms with E-state index in [9.17, 15) is 4.79 Å². The highest BCUT2D eigenvalue weighted by atomic mass is 16.5. The van der Waals surface area contributed by atoms with Gasteiger partial charge in [0.25, 0.3) is 5.91 Å². The van der Waals surface area contributed by atoms with Gasteiger partial charge in [-0.15, -0.1) is 0 Å². The number of aromatic amines is 1. The van der Waals surface area contributed by atoms with E-state index in [4.69, 9.17) is 4.74 Å². The lowest BCUT2D eigenvalue weighted by molar-refractivity contribution is 0.102. The van der Waals surface area contributed by atoms with Gasteiger partial charge in [0.15, 0.2) is 0 Å². The molecule has 0 aliphatic rings. The molecule has 2 aromatic carbocycles. The smallest absolute Gasteiger partial charge is 0.273 e. The van der Waals surface area contributed by atoms with Crippen molar-refractivity contribution in [3.8, 4) is 11.3 Å². The van der Waals surface area contributed by atoms with E-state index in [0.717, 1.165) is 22.5 Å². The number of rotatable bonds is 6. The summed E-state index contributed by atoms with van der Waals surface area (Å²) in [5.41, 5.74) is 3.80. The van der Waals surface area contributed by atoms with Crippen LogP contribution >= 0.6 is 0 Å². The van der Waals surface area contributed by atoms with Crippen LogP contribution in [-0.4, -0.2) is 22.7 Å². The van der Waals surface area contributed by atoms with Crippen molar-refractivity contribution in [2.75, 3.05) is 11.9 Å². The molecule has 3 aromatic rings. The van der Waals surface area contributed by atoms with Crippen molar-refractivity contribution >= 4 is 11.6 Å². The molecule has 0 atom stereocenters. The summed E-state index contributed by atoms with van der Waals surface area (Å²) in [6.45, 7) is 3.03. The van der Waals surface area contributed by atoms with Crippen molar-refractivity contribution in [3.05, 3.63) is 71.9 Å². The molecular formula is C19H19N3O2. The molecule has 0 radical (unpaired) electrons. The molecule has 0 aliphatic heterocycles. The molecule has 1 heterocycles. The third kappa shape index (κ3) is 3.70. The maximum atomic E-state index is 12.5. The monoisotopic (exact) mass is 321 g/mol. The summed E-state index contributed by atoms with van der Waals surface area (Å²) >= 11 is 0. The lowest BCUT2D eigenvalue weighted by atomic mass is 10.1. The number of hydrogen-bond donors (Lipinski definition) is 2. The number of nitrogens with one attached hydrogen (secondary N) is 2. The van der Waals surface area contributed by atoms with Gasteiger partial charge in [0.2, 0.25) is 0 Å². The summed E-state index contributed by atoms with van der Waals surface area (Å²) in [7, 11) is 0. The largest absolute Gasteiger partial charge is 0.377 e. The molecule has 0 unspecified atom stereocenters. The highest BCUT2D eigenvalue weighted by molar-refractivity contribution is 6.03. The van der Waals surface area contributed by atoms with Crippen LogP contribution in [0.2, 0.25) is 0 Å². The summed E-state index contributed by atoms with van der Waals surface area (Å²) in [5.74, 6) is -0.228. The molecule has 0 saturated heterocycles. The van der Waals surface area contributed by atoms with Gasteiger partial charge in [-0.3, -0.25) is 9.89 Å². The van der Waals surface area contributed by atoms with Crippen molar-refractivity contribution in [1.82, 2.24) is 10.2 Å². The lowest BCUT2D eigenvalue weighted by Crippen LogP contribution is -2.14. The van der Waals surface area contributed by atoms with Crippen molar-refractivity contribution in [2.24, 2.45) is 0 Å². The van der Waals surface area contributed by atoms with Crippen molar-refractivity contribution in [2.45, 2.75) is 13.5 Å². The molecule has 5 heteroatoms. The Morgan fingerprint density at radius 3 is 2.67 bits per heavy atom. The molecule has 24 heavy (non-hydrogen) atoms. The van der Waals surface area contributed by atoms with E-state index in [-0.39, 0.29) is 5.91 Å². The average Bonchev–Trinajstić information content (AvgIpc) is 3.12. The van der Waals surface area contributed by atoms with Crippen LogP contribution in [0.4, 0.5) is 5.69 Å². The number of para-hydroxylation sites is 1. The van der Waals surface area contributed by atoms with Crippen LogP contribution in [0.15, 0.2) is 60.7 Å². The second-order valence-corrected chi connectivity index (χ2v) is 5.28. The van der Waals surface area contributed by atoms with E-state index >= 15 is 0 Å². The molecular weight excluding hydrogens is 302 g/mol. The Bertz CT molecular complexity index is 812. The number of benzene rings is 2. The number of anilines is 1. The number of aromatic nitrogens is 2. The van der Waals surface area contributed by atoms with E-state index < -0.39 is 0 Å². The summed E-state index contributed by atoms with van der Waals surface area (Å²) in [6.07, 6.45) is 0. The number of amides is 1. The first kappa shape index (κ1) is 16.0. The molecule has 3 rings (SSSR count). The second kappa shape index (κ2) is 7.57. The Labute approximate surface area is 140 Å². The van der Waals surface area contributed by atoms with E-state index in [1.165, 1.54) is 0 Å². The zero-order valence-electron chi connectivity index (χ0n) is 13.5. The summed E-state index contributed by atoms with van der Waals surface area (Å²) in [5, 5.41) is 9.91. The molecule has 0 aliphatic carbocycles. The quantitative estimate of drug-likeness (QED) is 0.724. The molecule has 1 aromatic heterocycles. The molecule has 0 fully saturated rings. The molecule has 1 amide bonds. The molecule has 0 spiro atoms. The van der Waals surface area contributed by atoms with Gasteiger partial charge >= 0.3 is 0 Å². The van der Waals surface area contributed by atoms with Crippen molar-refractivity contribution < 1.29 is 9.53 Å². The first-order valence-electron chi connectivity index (χ1n) is 7.85. The molecule has 2 N–H and O–H groups in total. The maximum Gasteiger partial charge on any atom is 0.273 e. The summed E-state index contributed by atoms with van der Waals surface area (Å²) in [4.78, 5) is 12.5. The van der Waals surface area contributed by atoms with Gasteiger partial charge in [-0.1, -0.05) is 48.5 Å². The van der Waals surface area contributed by atoms with Gasteiger partial charge < -0.3 is 10.1 Å². The Balaban J connectivity index is 1.75. The average molecular weight is 321 g/mol. The minimum absolute atomic E-state index is 0.228. The first-order valence-corrected chi connectivity index (χ1v) is 7.85. The fraction of sp³-hybridized carbons (Fsp3) is 0.158. The van der Waals surface area contributed by atoms with Crippen LogP contribution in [0.25, 0.3) is 11.3 Å². The summed E-state index contributed by atoms with van der Waals surface area (Å²) in [6, 6.07) is 19.1. The van der Waals surface area contributed by atoms with Crippen LogP contribution in [0.3, 0.4) is 0 Å². The van der Waals surface area contributed by atoms with Crippen LogP contribution in [0, 0.1) is 0 Å². The first-order chi connectivity index (χ1) is 11.8. The van der Waals surface area contributed by atoms with Gasteiger partial charge in [-0.05, 0) is 19.1 Å². The SMILES string of the molecule is CCOCc1ccccc1NC(=O)c1cc(-c2ccccc2)n[nH]1. The van der Waals surface area contributed by atoms with E-state index in [1.807, 2.05) is 61.5 Å². The minimum atomic E-state index is -0.228. The molecule has 0 bridgehead atoms. The number of carbonyl (C=O) groups excluding carboxylic acids is 1. The third-order valence-corrected chi connectivity index (χ3v) is 3.62. The highest BCUT2D eigenvalue weighted by Gasteiger charge is 2.12. The molecule has 122 valence electrons. The molecule has 5 nitrogen and oxygen atoms in total. The van der Waals surface area contributed by atoms with E-state index in [1.54, 1.807) is 6.07 Å². The summed E-state index contributed by atoms with van der Waals surface area (Å²) < 4.78 is 5.44. The van der Waals surface area contributed by atoms with E-state index in [0.29, 0.717) is 18.9 Å². The predicted octanol–water partition coefficient (Wildman–Crippen LogP) is 3.87. The van der Waals surface area contributed by atoms with Crippen LogP contribution in [-0.2, 0) is 11.3 Å². The third-order valence-electron chi connectivity index (χ3n) is 3.62.